The van der Waals surface area contributed by atoms with Gasteiger partial charge in [0.05, 0.1) is 63.2 Å². The average molecular weight is 849 g/mol. The van der Waals surface area contributed by atoms with E-state index in [4.69, 9.17) is 10.2 Å². The fourth-order valence-corrected chi connectivity index (χ4v) is 7.50. The van der Waals surface area contributed by atoms with Gasteiger partial charge in [0.25, 0.3) is 0 Å². The molecule has 36 heavy (non-hydrogen) atoms. The Labute approximate surface area is 249 Å². The van der Waals surface area contributed by atoms with Crippen LogP contribution in [0.1, 0.15) is 18.1 Å². The molecule has 12 nitrogen and oxygen atoms in total. The van der Waals surface area contributed by atoms with E-state index in [1.807, 2.05) is 67.8 Å². The molecule has 204 valence electrons. The van der Waals surface area contributed by atoms with Gasteiger partial charge in [-0.1, -0.05) is 0 Å². The number of aliphatic hydroxyl groups excluding tert-OH is 6. The van der Waals surface area contributed by atoms with Gasteiger partial charge in [0.15, 0.2) is 0 Å². The predicted octanol–water partition coefficient (Wildman–Crippen LogP) is -1.77. The monoisotopic (exact) mass is 849 g/mol. The summed E-state index contributed by atoms with van der Waals surface area (Å²) in [5.74, 6) is -1.35. The smallest absolute Gasteiger partial charge is 0.224 e. The minimum atomic E-state index is -1.22. The lowest BCUT2D eigenvalue weighted by Crippen LogP contribution is -2.39. The Morgan fingerprint density at radius 1 is 0.750 bits per heavy atom. The standard InChI is InChI=1S/C21H30I3N3O9/c1-10(31)27(6-13(34)9-30)21-19(23)14(2-16(35)25-4-11(32)7-28)18(22)15(20(21)24)3-17(36)26-5-12(33)8-29/h11-13,28-30,32-34H,2-9H2,1H3,(H,25,35)(H,26,36). The lowest BCUT2D eigenvalue weighted by atomic mass is 10.0. The number of carbonyl (C=O) groups is 3. The number of halogens is 3. The first-order valence-electron chi connectivity index (χ1n) is 10.7. The molecule has 0 aliphatic rings. The molecule has 0 aliphatic heterocycles. The highest BCUT2D eigenvalue weighted by molar-refractivity contribution is 14.1. The largest absolute Gasteiger partial charge is 0.394 e. The molecule has 1 aromatic rings. The SMILES string of the molecule is CC(=O)N(CC(O)CO)c1c(I)c(CC(=O)NCC(O)CO)c(I)c(CC(=O)NCC(O)CO)c1I. The van der Waals surface area contributed by atoms with Gasteiger partial charge in [-0.2, -0.15) is 0 Å². The molecule has 3 atom stereocenters. The Bertz CT molecular complexity index is 881. The van der Waals surface area contributed by atoms with Gasteiger partial charge >= 0.3 is 0 Å². The van der Waals surface area contributed by atoms with Gasteiger partial charge in [0.1, 0.15) is 0 Å². The first kappa shape index (κ1) is 33.6. The summed E-state index contributed by atoms with van der Waals surface area (Å²) in [6, 6.07) is 0. The Kier molecular flexibility index (Phi) is 15.4. The molecule has 8 N–H and O–H groups in total. The van der Waals surface area contributed by atoms with Crippen LogP contribution in [0.3, 0.4) is 0 Å². The maximum absolute atomic E-state index is 12.6. The summed E-state index contributed by atoms with van der Waals surface area (Å²) in [5, 5.41) is 61.4. The number of hydrogen-bond donors (Lipinski definition) is 8. The summed E-state index contributed by atoms with van der Waals surface area (Å²) in [6.45, 7) is -0.871. The summed E-state index contributed by atoms with van der Waals surface area (Å²) in [5.41, 5.74) is 1.38. The van der Waals surface area contributed by atoms with E-state index in [2.05, 4.69) is 10.6 Å². The quantitative estimate of drug-likeness (QED) is 0.1000. The van der Waals surface area contributed by atoms with Gasteiger partial charge in [0.2, 0.25) is 17.7 Å². The first-order chi connectivity index (χ1) is 16.9. The molecule has 15 heteroatoms. The summed E-state index contributed by atoms with van der Waals surface area (Å²) in [7, 11) is 0. The molecule has 0 aliphatic carbocycles. The molecule has 0 heterocycles. The Hall–Kier alpha value is -0.420. The van der Waals surface area contributed by atoms with Gasteiger partial charge in [-0.3, -0.25) is 14.4 Å². The van der Waals surface area contributed by atoms with E-state index < -0.39 is 55.9 Å². The van der Waals surface area contributed by atoms with Crippen molar-refractivity contribution in [1.82, 2.24) is 10.6 Å². The second kappa shape index (κ2) is 16.5. The van der Waals surface area contributed by atoms with Gasteiger partial charge < -0.3 is 46.2 Å². The number of amides is 3. The van der Waals surface area contributed by atoms with Crippen molar-refractivity contribution >= 4 is 91.2 Å². The van der Waals surface area contributed by atoms with Crippen LogP contribution in [-0.2, 0) is 27.2 Å². The number of hydrogen-bond acceptors (Lipinski definition) is 9. The molecule has 0 radical (unpaired) electrons. The van der Waals surface area contributed by atoms with Crippen LogP contribution in [-0.4, -0.2) is 106 Å². The maximum atomic E-state index is 12.6. The van der Waals surface area contributed by atoms with Gasteiger partial charge in [-0.25, -0.2) is 0 Å². The number of nitrogens with zero attached hydrogens (tertiary/aromatic N) is 1. The van der Waals surface area contributed by atoms with Crippen LogP contribution in [0.2, 0.25) is 0 Å². The minimum Gasteiger partial charge on any atom is -0.394 e. The number of aliphatic hydroxyl groups is 6. The minimum absolute atomic E-state index is 0.162. The average Bonchev–Trinajstić information content (AvgIpc) is 2.85. The third kappa shape index (κ3) is 10.0. The molecule has 0 aromatic heterocycles. The summed E-state index contributed by atoms with van der Waals surface area (Å²) < 4.78 is 1.64. The van der Waals surface area contributed by atoms with Crippen molar-refractivity contribution in [2.75, 3.05) is 44.4 Å². The molecular formula is C21H30I3N3O9. The second-order valence-corrected chi connectivity index (χ2v) is 11.1. The molecule has 0 fully saturated rings. The van der Waals surface area contributed by atoms with Crippen molar-refractivity contribution in [2.45, 2.75) is 38.1 Å². The van der Waals surface area contributed by atoms with Gasteiger partial charge in [-0.05, 0) is 78.9 Å². The zero-order valence-corrected chi connectivity index (χ0v) is 25.9. The highest BCUT2D eigenvalue weighted by Gasteiger charge is 2.28. The van der Waals surface area contributed by atoms with Gasteiger partial charge in [0, 0.05) is 30.7 Å². The Morgan fingerprint density at radius 3 is 1.47 bits per heavy atom. The van der Waals surface area contributed by atoms with Gasteiger partial charge in [-0.15, -0.1) is 0 Å². The highest BCUT2D eigenvalue weighted by Crippen LogP contribution is 2.38. The van der Waals surface area contributed by atoms with Crippen molar-refractivity contribution < 1.29 is 45.0 Å². The van der Waals surface area contributed by atoms with Crippen molar-refractivity contribution in [3.63, 3.8) is 0 Å². The third-order valence-corrected chi connectivity index (χ3v) is 8.52. The van der Waals surface area contributed by atoms with Crippen LogP contribution >= 0.6 is 67.8 Å². The molecule has 3 amide bonds. The number of anilines is 1. The topological polar surface area (TPSA) is 200 Å². The zero-order valence-electron chi connectivity index (χ0n) is 19.4. The second-order valence-electron chi connectivity index (χ2n) is 7.85. The number of rotatable bonds is 14. The Morgan fingerprint density at radius 2 is 1.14 bits per heavy atom. The molecule has 3 unspecified atom stereocenters. The van der Waals surface area contributed by atoms with E-state index >= 15 is 0 Å². The first-order valence-corrected chi connectivity index (χ1v) is 14.0. The van der Waals surface area contributed by atoms with Crippen LogP contribution in [0.25, 0.3) is 0 Å². The lowest BCUT2D eigenvalue weighted by molar-refractivity contribution is -0.121. The fraction of sp³-hybridized carbons (Fsp3) is 0.571. The van der Waals surface area contributed by atoms with E-state index in [0.29, 0.717) is 27.5 Å². The number of nitrogens with one attached hydrogen (secondary N) is 2. The third-order valence-electron chi connectivity index (χ3n) is 4.90. The van der Waals surface area contributed by atoms with E-state index in [-0.39, 0.29) is 32.5 Å². The molecular weight excluding hydrogens is 819 g/mol. The van der Waals surface area contributed by atoms with Crippen molar-refractivity contribution in [3.8, 4) is 0 Å². The normalized spacial score (nSPS) is 13.6. The van der Waals surface area contributed by atoms with Crippen LogP contribution in [0.5, 0.6) is 0 Å². The van der Waals surface area contributed by atoms with Crippen LogP contribution < -0.4 is 15.5 Å². The van der Waals surface area contributed by atoms with Crippen molar-refractivity contribution in [1.29, 1.82) is 0 Å². The molecule has 0 bridgehead atoms. The molecule has 0 spiro atoms. The van der Waals surface area contributed by atoms with Crippen LogP contribution in [0, 0.1) is 10.7 Å². The lowest BCUT2D eigenvalue weighted by Gasteiger charge is -2.29. The Balaban J connectivity index is 3.54. The number of benzene rings is 1. The van der Waals surface area contributed by atoms with Crippen LogP contribution in [0.15, 0.2) is 0 Å². The predicted molar refractivity (Wildman–Crippen MR) is 155 cm³/mol. The van der Waals surface area contributed by atoms with E-state index in [1.165, 1.54) is 11.8 Å². The van der Waals surface area contributed by atoms with Crippen molar-refractivity contribution in [3.05, 3.63) is 21.8 Å². The van der Waals surface area contributed by atoms with E-state index in [1.54, 1.807) is 0 Å². The highest BCUT2D eigenvalue weighted by atomic mass is 127. The number of carbonyl (C=O) groups excluding carboxylic acids is 3. The molecule has 0 saturated carbocycles. The summed E-state index contributed by atoms with van der Waals surface area (Å²) in [4.78, 5) is 39.0. The van der Waals surface area contributed by atoms with Crippen molar-refractivity contribution in [2.24, 2.45) is 0 Å². The maximum Gasteiger partial charge on any atom is 0.224 e. The fourth-order valence-electron chi connectivity index (χ4n) is 2.99. The van der Waals surface area contributed by atoms with E-state index in [9.17, 15) is 34.8 Å². The zero-order chi connectivity index (χ0) is 27.6. The molecule has 1 aromatic carbocycles. The van der Waals surface area contributed by atoms with Crippen LogP contribution in [0.4, 0.5) is 5.69 Å². The molecule has 1 rings (SSSR count). The summed E-state index contributed by atoms with van der Waals surface area (Å²) in [6.07, 6.45) is -3.80. The molecule has 0 saturated heterocycles. The summed E-state index contributed by atoms with van der Waals surface area (Å²) >= 11 is 5.98. The van der Waals surface area contributed by atoms with E-state index in [0.717, 1.165) is 0 Å².